The Bertz CT molecular complexity index is 1030. The second-order valence-corrected chi connectivity index (χ2v) is 7.58. The summed E-state index contributed by atoms with van der Waals surface area (Å²) in [5.74, 6) is -1.14. The Labute approximate surface area is 170 Å². The van der Waals surface area contributed by atoms with Gasteiger partial charge in [-0.2, -0.15) is 5.10 Å². The van der Waals surface area contributed by atoms with Crippen molar-refractivity contribution in [3.8, 4) is 11.3 Å². The highest BCUT2D eigenvalue weighted by Crippen LogP contribution is 2.27. The van der Waals surface area contributed by atoms with Crippen molar-refractivity contribution in [2.45, 2.75) is 46.2 Å². The number of hydrogen-bond acceptors (Lipinski definition) is 4. The molecule has 0 radical (unpaired) electrons. The van der Waals surface area contributed by atoms with Crippen LogP contribution < -0.4 is 0 Å². The first-order valence-corrected chi connectivity index (χ1v) is 9.76. The van der Waals surface area contributed by atoms with E-state index in [0.717, 1.165) is 5.56 Å². The van der Waals surface area contributed by atoms with E-state index in [1.54, 1.807) is 21.8 Å². The highest BCUT2D eigenvalue weighted by Gasteiger charge is 2.24. The van der Waals surface area contributed by atoms with Crippen LogP contribution in [0.2, 0.25) is 0 Å². The van der Waals surface area contributed by atoms with Crippen LogP contribution in [0.1, 0.15) is 50.5 Å². The molecule has 3 rings (SSSR count). The second-order valence-electron chi connectivity index (χ2n) is 7.58. The Hall–Kier alpha value is -3.22. The molecule has 3 aromatic rings. The molecule has 2 aromatic heterocycles. The Balaban J connectivity index is 2.17. The average molecular weight is 394 g/mol. The maximum absolute atomic E-state index is 13.4. The lowest BCUT2D eigenvalue weighted by atomic mass is 10.1. The molecule has 7 heteroatoms. The van der Waals surface area contributed by atoms with E-state index in [-0.39, 0.29) is 31.0 Å². The fourth-order valence-corrected chi connectivity index (χ4v) is 3.29. The van der Waals surface area contributed by atoms with E-state index in [4.69, 9.17) is 10.1 Å². The largest absolute Gasteiger partial charge is 0.481 e. The summed E-state index contributed by atoms with van der Waals surface area (Å²) in [4.78, 5) is 30.9. The van der Waals surface area contributed by atoms with Crippen LogP contribution in [-0.2, 0) is 4.79 Å². The first kappa shape index (κ1) is 20.5. The molecule has 0 atom stereocenters. The molecule has 7 nitrogen and oxygen atoms in total. The molecule has 152 valence electrons. The van der Waals surface area contributed by atoms with Crippen molar-refractivity contribution in [1.82, 2.24) is 19.7 Å². The van der Waals surface area contributed by atoms with Crippen molar-refractivity contribution in [3.05, 3.63) is 48.2 Å². The SMILES string of the molecule is CC(C)N(CCC(=O)O)C(=O)c1cc(-c2ccccc2)nc2c1cnn2C(C)C. The van der Waals surface area contributed by atoms with Crippen LogP contribution in [-0.4, -0.2) is 49.2 Å². The second kappa shape index (κ2) is 8.43. The number of carboxylic acids is 1. The zero-order valence-electron chi connectivity index (χ0n) is 17.2. The fraction of sp³-hybridized carbons (Fsp3) is 0.364. The molecule has 0 saturated carbocycles. The number of nitrogens with zero attached hydrogens (tertiary/aromatic N) is 4. The molecule has 1 amide bonds. The van der Waals surface area contributed by atoms with Gasteiger partial charge in [-0.25, -0.2) is 9.67 Å². The first-order chi connectivity index (χ1) is 13.8. The minimum absolute atomic E-state index is 0.0854. The van der Waals surface area contributed by atoms with Gasteiger partial charge in [0.15, 0.2) is 5.65 Å². The molecule has 1 N–H and O–H groups in total. The lowest BCUT2D eigenvalue weighted by molar-refractivity contribution is -0.137. The molecule has 0 unspecified atom stereocenters. The molecular weight excluding hydrogens is 368 g/mol. The summed E-state index contributed by atoms with van der Waals surface area (Å²) in [6, 6.07) is 11.4. The first-order valence-electron chi connectivity index (χ1n) is 9.76. The lowest BCUT2D eigenvalue weighted by Crippen LogP contribution is -2.38. The Morgan fingerprint density at radius 2 is 1.83 bits per heavy atom. The third-order valence-electron chi connectivity index (χ3n) is 4.81. The van der Waals surface area contributed by atoms with Crippen LogP contribution in [0.3, 0.4) is 0 Å². The quantitative estimate of drug-likeness (QED) is 0.654. The molecule has 0 bridgehead atoms. The van der Waals surface area contributed by atoms with E-state index in [1.165, 1.54) is 0 Å². The third-order valence-corrected chi connectivity index (χ3v) is 4.81. The van der Waals surface area contributed by atoms with Gasteiger partial charge in [0.25, 0.3) is 5.91 Å². The van der Waals surface area contributed by atoms with Crippen LogP contribution in [0, 0.1) is 0 Å². The van der Waals surface area contributed by atoms with E-state index >= 15 is 0 Å². The average Bonchev–Trinajstić information content (AvgIpc) is 3.11. The van der Waals surface area contributed by atoms with Crippen molar-refractivity contribution in [3.63, 3.8) is 0 Å². The van der Waals surface area contributed by atoms with Crippen molar-refractivity contribution in [2.75, 3.05) is 6.54 Å². The molecular formula is C22H26N4O3. The number of carbonyl (C=O) groups excluding carboxylic acids is 1. The highest BCUT2D eigenvalue weighted by atomic mass is 16.4. The van der Waals surface area contributed by atoms with Gasteiger partial charge < -0.3 is 10.0 Å². The molecule has 0 saturated heterocycles. The van der Waals surface area contributed by atoms with E-state index < -0.39 is 5.97 Å². The zero-order valence-corrected chi connectivity index (χ0v) is 17.2. The Kier molecular flexibility index (Phi) is 5.96. The number of aromatic nitrogens is 3. The van der Waals surface area contributed by atoms with Crippen molar-refractivity contribution in [1.29, 1.82) is 0 Å². The number of hydrogen-bond donors (Lipinski definition) is 1. The lowest BCUT2D eigenvalue weighted by Gasteiger charge is -2.26. The molecule has 0 aliphatic rings. The van der Waals surface area contributed by atoms with Crippen molar-refractivity contribution < 1.29 is 14.7 Å². The van der Waals surface area contributed by atoms with Gasteiger partial charge >= 0.3 is 5.97 Å². The number of rotatable bonds is 7. The van der Waals surface area contributed by atoms with Crippen LogP contribution in [0.25, 0.3) is 22.3 Å². The Morgan fingerprint density at radius 1 is 1.14 bits per heavy atom. The number of amides is 1. The number of benzene rings is 1. The monoisotopic (exact) mass is 394 g/mol. The van der Waals surface area contributed by atoms with Crippen LogP contribution in [0.5, 0.6) is 0 Å². The summed E-state index contributed by atoms with van der Waals surface area (Å²) < 4.78 is 1.80. The molecule has 0 spiro atoms. The molecule has 2 heterocycles. The molecule has 0 aliphatic heterocycles. The minimum atomic E-state index is -0.930. The zero-order chi connectivity index (χ0) is 21.1. The van der Waals surface area contributed by atoms with E-state index in [0.29, 0.717) is 22.3 Å². The van der Waals surface area contributed by atoms with Gasteiger partial charge in [-0.05, 0) is 33.8 Å². The normalized spacial score (nSPS) is 11.4. The molecule has 29 heavy (non-hydrogen) atoms. The van der Waals surface area contributed by atoms with E-state index in [2.05, 4.69) is 5.10 Å². The van der Waals surface area contributed by atoms with E-state index in [1.807, 2.05) is 58.0 Å². The van der Waals surface area contributed by atoms with Crippen LogP contribution in [0.15, 0.2) is 42.6 Å². The van der Waals surface area contributed by atoms with E-state index in [9.17, 15) is 9.59 Å². The topological polar surface area (TPSA) is 88.3 Å². The van der Waals surface area contributed by atoms with Gasteiger partial charge in [0, 0.05) is 24.2 Å². The van der Waals surface area contributed by atoms with Gasteiger partial charge in [0.2, 0.25) is 0 Å². The predicted molar refractivity (Wildman–Crippen MR) is 112 cm³/mol. The van der Waals surface area contributed by atoms with Crippen molar-refractivity contribution >= 4 is 22.9 Å². The Morgan fingerprint density at radius 3 is 2.41 bits per heavy atom. The van der Waals surface area contributed by atoms with Crippen LogP contribution in [0.4, 0.5) is 0 Å². The number of fused-ring (bicyclic) bond motifs is 1. The standard InChI is InChI=1S/C22H26N4O3/c1-14(2)25(11-10-20(27)28)22(29)17-12-19(16-8-6-5-7-9-16)24-21-18(17)13-23-26(21)15(3)4/h5-9,12-15H,10-11H2,1-4H3,(H,27,28). The summed E-state index contributed by atoms with van der Waals surface area (Å²) in [6.45, 7) is 7.94. The smallest absolute Gasteiger partial charge is 0.305 e. The third kappa shape index (κ3) is 4.29. The number of aliphatic carboxylic acids is 1. The highest BCUT2D eigenvalue weighted by molar-refractivity contribution is 6.06. The van der Waals surface area contributed by atoms with Crippen molar-refractivity contribution in [2.24, 2.45) is 0 Å². The molecule has 0 fully saturated rings. The summed E-state index contributed by atoms with van der Waals surface area (Å²) in [5.41, 5.74) is 2.72. The summed E-state index contributed by atoms with van der Waals surface area (Å²) >= 11 is 0. The number of carboxylic acid groups (broad SMARTS) is 1. The summed E-state index contributed by atoms with van der Waals surface area (Å²) in [6.07, 6.45) is 1.56. The number of carbonyl (C=O) groups is 2. The predicted octanol–water partition coefficient (Wildman–Crippen LogP) is 4.00. The summed E-state index contributed by atoms with van der Waals surface area (Å²) in [5, 5.41) is 14.2. The maximum Gasteiger partial charge on any atom is 0.305 e. The van der Waals surface area contributed by atoms with Gasteiger partial charge in [0.05, 0.1) is 29.3 Å². The fourth-order valence-electron chi connectivity index (χ4n) is 3.29. The maximum atomic E-state index is 13.4. The van der Waals surface area contributed by atoms with Gasteiger partial charge in [0.1, 0.15) is 0 Å². The number of pyridine rings is 1. The van der Waals surface area contributed by atoms with Gasteiger partial charge in [-0.3, -0.25) is 9.59 Å². The van der Waals surface area contributed by atoms with Gasteiger partial charge in [-0.15, -0.1) is 0 Å². The van der Waals surface area contributed by atoms with Crippen LogP contribution >= 0.6 is 0 Å². The molecule has 1 aromatic carbocycles. The minimum Gasteiger partial charge on any atom is -0.481 e. The summed E-state index contributed by atoms with van der Waals surface area (Å²) in [7, 11) is 0. The molecule has 0 aliphatic carbocycles. The van der Waals surface area contributed by atoms with Gasteiger partial charge in [-0.1, -0.05) is 30.3 Å².